The molecule has 5 aromatic carbocycles. The predicted molar refractivity (Wildman–Crippen MR) is 187 cm³/mol. The summed E-state index contributed by atoms with van der Waals surface area (Å²) in [6.45, 7) is 7.06. The van der Waals surface area contributed by atoms with Crippen LogP contribution in [0.5, 0.6) is 0 Å². The first-order chi connectivity index (χ1) is 22.0. The summed E-state index contributed by atoms with van der Waals surface area (Å²) in [6, 6.07) is 41.3. The van der Waals surface area contributed by atoms with Crippen LogP contribution in [0, 0.1) is 0 Å². The summed E-state index contributed by atoms with van der Waals surface area (Å²) in [5.41, 5.74) is 13.2. The summed E-state index contributed by atoms with van der Waals surface area (Å²) in [5.74, 6) is 1.10. The van der Waals surface area contributed by atoms with E-state index in [1.54, 1.807) is 0 Å². The molecule has 0 N–H and O–H groups in total. The average Bonchev–Trinajstić information content (AvgIpc) is 3.56. The fourth-order valence-electron chi connectivity index (χ4n) is 7.81. The molecule has 0 saturated heterocycles. The van der Waals surface area contributed by atoms with Crippen LogP contribution in [0.25, 0.3) is 67.3 Å². The van der Waals surface area contributed by atoms with Crippen LogP contribution >= 0.6 is 0 Å². The molecule has 3 heteroatoms. The normalized spacial score (nSPS) is 16.1. The maximum Gasteiger partial charge on any atom is 0.235 e. The number of hydrogen-bond acceptors (Lipinski definition) is 2. The van der Waals surface area contributed by atoms with Gasteiger partial charge < -0.3 is 0 Å². The first kappa shape index (κ1) is 26.2. The zero-order valence-electron chi connectivity index (χ0n) is 25.8. The molecule has 2 heterocycles. The molecule has 0 fully saturated rings. The van der Waals surface area contributed by atoms with Crippen molar-refractivity contribution in [1.29, 1.82) is 0 Å². The highest BCUT2D eigenvalue weighted by atomic mass is 15.2. The molecule has 0 radical (unpaired) electrons. The van der Waals surface area contributed by atoms with Crippen LogP contribution in [0.2, 0.25) is 0 Å². The third kappa shape index (κ3) is 3.83. The Hall–Kier alpha value is -5.28. The van der Waals surface area contributed by atoms with Crippen molar-refractivity contribution in [1.82, 2.24) is 14.5 Å². The minimum atomic E-state index is -0.115. The van der Waals surface area contributed by atoms with Gasteiger partial charge in [-0.25, -0.2) is 9.97 Å². The Morgan fingerprint density at radius 3 is 2.31 bits per heavy atom. The molecule has 2 aliphatic rings. The summed E-state index contributed by atoms with van der Waals surface area (Å²) in [5, 5.41) is 3.54. The summed E-state index contributed by atoms with van der Waals surface area (Å²) < 4.78 is 2.40. The molecule has 0 amide bonds. The molecule has 1 atom stereocenters. The van der Waals surface area contributed by atoms with Crippen LogP contribution in [0.1, 0.15) is 55.5 Å². The zero-order chi connectivity index (χ0) is 30.3. The van der Waals surface area contributed by atoms with E-state index in [0.717, 1.165) is 40.1 Å². The van der Waals surface area contributed by atoms with Gasteiger partial charge in [-0.1, -0.05) is 130 Å². The Morgan fingerprint density at radius 1 is 0.711 bits per heavy atom. The van der Waals surface area contributed by atoms with Gasteiger partial charge in [-0.05, 0) is 57.6 Å². The first-order valence-corrected chi connectivity index (χ1v) is 15.9. The van der Waals surface area contributed by atoms with Crippen LogP contribution in [-0.4, -0.2) is 14.5 Å². The van der Waals surface area contributed by atoms with E-state index < -0.39 is 0 Å². The molecule has 216 valence electrons. The van der Waals surface area contributed by atoms with E-state index in [-0.39, 0.29) is 5.41 Å². The fraction of sp³-hybridized carbons (Fsp3) is 0.143. The van der Waals surface area contributed by atoms with Gasteiger partial charge in [0.25, 0.3) is 0 Å². The van der Waals surface area contributed by atoms with Crippen LogP contribution in [0.3, 0.4) is 0 Å². The molecule has 0 saturated carbocycles. The number of allylic oxidation sites excluding steroid dienone is 1. The van der Waals surface area contributed by atoms with Crippen molar-refractivity contribution in [3.8, 4) is 39.6 Å². The number of benzene rings is 5. The Balaban J connectivity index is 1.33. The molecule has 7 aromatic rings. The van der Waals surface area contributed by atoms with E-state index in [2.05, 4.69) is 153 Å². The second-order valence-corrected chi connectivity index (χ2v) is 13.1. The Labute approximate surface area is 263 Å². The number of rotatable bonds is 3. The standard InChI is InChI=1S/C42H33N3/c1-26-12-11-18-33-37-40(32-17-9-10-19-35(32)42(37,2)3)45(39(26)33)41-43-36-23-22-31(30-21-20-27-13-7-8-16-29(27)24-30)25-34(36)38(44-41)28-14-5-4-6-15-28/h4-11,13-26H,12H2,1-3H3. The predicted octanol–water partition coefficient (Wildman–Crippen LogP) is 10.7. The van der Waals surface area contributed by atoms with Gasteiger partial charge in [0.2, 0.25) is 5.95 Å². The molecule has 2 aromatic heterocycles. The summed E-state index contributed by atoms with van der Waals surface area (Å²) in [7, 11) is 0. The molecule has 0 aliphatic heterocycles. The SMILES string of the molecule is CC1CC=Cc2c3c(n(-c4nc(-c5ccccc5)c5cc(-c6ccc7ccccc7c6)ccc5n4)c21)-c1ccccc1C3(C)C. The lowest BCUT2D eigenvalue weighted by atomic mass is 9.79. The summed E-state index contributed by atoms with van der Waals surface area (Å²) in [6.07, 6.45) is 5.68. The third-order valence-corrected chi connectivity index (χ3v) is 9.98. The second kappa shape index (κ2) is 9.61. The minimum Gasteiger partial charge on any atom is -0.281 e. The van der Waals surface area contributed by atoms with Crippen molar-refractivity contribution < 1.29 is 0 Å². The van der Waals surface area contributed by atoms with E-state index in [4.69, 9.17) is 9.97 Å². The van der Waals surface area contributed by atoms with Crippen molar-refractivity contribution >= 4 is 27.8 Å². The Bertz CT molecular complexity index is 2340. The highest BCUT2D eigenvalue weighted by molar-refractivity contribution is 5.97. The molecule has 0 spiro atoms. The van der Waals surface area contributed by atoms with Crippen LogP contribution in [0.15, 0.2) is 121 Å². The molecule has 2 aliphatic carbocycles. The van der Waals surface area contributed by atoms with E-state index in [1.807, 2.05) is 0 Å². The lowest BCUT2D eigenvalue weighted by molar-refractivity contribution is 0.656. The number of hydrogen-bond donors (Lipinski definition) is 0. The van der Waals surface area contributed by atoms with Gasteiger partial charge in [0.1, 0.15) is 0 Å². The van der Waals surface area contributed by atoms with Gasteiger partial charge in [0.15, 0.2) is 0 Å². The van der Waals surface area contributed by atoms with Crippen molar-refractivity contribution in [2.75, 3.05) is 0 Å². The Morgan fingerprint density at radius 2 is 1.44 bits per heavy atom. The molecular weight excluding hydrogens is 546 g/mol. The Kier molecular flexibility index (Phi) is 5.58. The number of fused-ring (bicyclic) bond motifs is 7. The lowest BCUT2D eigenvalue weighted by Gasteiger charge is -2.25. The maximum atomic E-state index is 5.47. The van der Waals surface area contributed by atoms with Gasteiger partial charge in [-0.3, -0.25) is 4.57 Å². The number of aromatic nitrogens is 3. The largest absolute Gasteiger partial charge is 0.281 e. The minimum absolute atomic E-state index is 0.115. The highest BCUT2D eigenvalue weighted by Gasteiger charge is 2.43. The maximum absolute atomic E-state index is 5.47. The summed E-state index contributed by atoms with van der Waals surface area (Å²) >= 11 is 0. The topological polar surface area (TPSA) is 30.7 Å². The second-order valence-electron chi connectivity index (χ2n) is 13.1. The smallest absolute Gasteiger partial charge is 0.235 e. The van der Waals surface area contributed by atoms with Crippen molar-refractivity contribution in [3.05, 3.63) is 144 Å². The molecule has 45 heavy (non-hydrogen) atoms. The fourth-order valence-corrected chi connectivity index (χ4v) is 7.81. The van der Waals surface area contributed by atoms with E-state index in [0.29, 0.717) is 5.92 Å². The molecule has 9 rings (SSSR count). The van der Waals surface area contributed by atoms with Gasteiger partial charge >= 0.3 is 0 Å². The van der Waals surface area contributed by atoms with Crippen molar-refractivity contribution in [2.45, 2.75) is 38.5 Å². The van der Waals surface area contributed by atoms with Gasteiger partial charge in [0, 0.05) is 39.1 Å². The summed E-state index contributed by atoms with van der Waals surface area (Å²) in [4.78, 5) is 10.8. The highest BCUT2D eigenvalue weighted by Crippen LogP contribution is 2.55. The third-order valence-electron chi connectivity index (χ3n) is 9.98. The van der Waals surface area contributed by atoms with Crippen LogP contribution in [-0.2, 0) is 5.41 Å². The van der Waals surface area contributed by atoms with E-state index in [1.165, 1.54) is 50.0 Å². The van der Waals surface area contributed by atoms with Gasteiger partial charge in [0.05, 0.1) is 16.9 Å². The first-order valence-electron chi connectivity index (χ1n) is 15.9. The van der Waals surface area contributed by atoms with Crippen molar-refractivity contribution in [3.63, 3.8) is 0 Å². The van der Waals surface area contributed by atoms with E-state index in [9.17, 15) is 0 Å². The van der Waals surface area contributed by atoms with Crippen LogP contribution < -0.4 is 0 Å². The lowest BCUT2D eigenvalue weighted by Crippen LogP contribution is -2.17. The van der Waals surface area contributed by atoms with Crippen LogP contribution in [0.4, 0.5) is 0 Å². The quantitative estimate of drug-likeness (QED) is 0.208. The zero-order valence-corrected chi connectivity index (χ0v) is 25.8. The molecular formula is C42H33N3. The molecule has 1 unspecified atom stereocenters. The molecule has 0 bridgehead atoms. The van der Waals surface area contributed by atoms with Gasteiger partial charge in [-0.15, -0.1) is 0 Å². The number of nitrogens with zero attached hydrogens (tertiary/aromatic N) is 3. The monoisotopic (exact) mass is 579 g/mol. The van der Waals surface area contributed by atoms with E-state index >= 15 is 0 Å². The average molecular weight is 580 g/mol. The van der Waals surface area contributed by atoms with Crippen molar-refractivity contribution in [2.24, 2.45) is 0 Å². The molecule has 3 nitrogen and oxygen atoms in total. The van der Waals surface area contributed by atoms with Gasteiger partial charge in [-0.2, -0.15) is 0 Å².